The molecule has 1 aromatic heterocycles. The molecule has 3 aromatic rings. The van der Waals surface area contributed by atoms with E-state index < -0.39 is 4.92 Å². The maximum absolute atomic E-state index is 12.2. The molecule has 0 aliphatic rings. The quantitative estimate of drug-likeness (QED) is 0.342. The number of benzene rings is 2. The van der Waals surface area contributed by atoms with Crippen LogP contribution in [0.5, 0.6) is 5.75 Å². The minimum Gasteiger partial charge on any atom is -0.486 e. The van der Waals surface area contributed by atoms with Crippen LogP contribution in [-0.2, 0) is 18.4 Å². The van der Waals surface area contributed by atoms with E-state index in [9.17, 15) is 14.9 Å². The summed E-state index contributed by atoms with van der Waals surface area (Å²) in [5.41, 5.74) is 1.15. The third-order valence-corrected chi connectivity index (χ3v) is 5.08. The van der Waals surface area contributed by atoms with Crippen molar-refractivity contribution in [1.82, 2.24) is 14.8 Å². The number of anilines is 1. The maximum atomic E-state index is 12.2. The van der Waals surface area contributed by atoms with Gasteiger partial charge in [-0.05, 0) is 30.7 Å². The number of para-hydroxylation sites is 1. The average molecular weight is 413 g/mol. The van der Waals surface area contributed by atoms with Crippen LogP contribution in [0.15, 0.2) is 53.7 Å². The molecule has 0 fully saturated rings. The zero-order valence-corrected chi connectivity index (χ0v) is 16.7. The van der Waals surface area contributed by atoms with Gasteiger partial charge in [0.25, 0.3) is 5.69 Å². The third-order valence-electron chi connectivity index (χ3n) is 4.06. The van der Waals surface area contributed by atoms with Gasteiger partial charge in [0.1, 0.15) is 12.4 Å². The summed E-state index contributed by atoms with van der Waals surface area (Å²) in [6, 6.07) is 13.7. The van der Waals surface area contributed by atoms with Crippen LogP contribution in [0.2, 0.25) is 0 Å². The minimum absolute atomic E-state index is 0.0146. The van der Waals surface area contributed by atoms with Crippen molar-refractivity contribution in [2.24, 2.45) is 7.05 Å². The summed E-state index contributed by atoms with van der Waals surface area (Å²) >= 11 is 1.24. The van der Waals surface area contributed by atoms with Crippen molar-refractivity contribution in [1.29, 1.82) is 0 Å². The number of ether oxygens (including phenoxy) is 1. The van der Waals surface area contributed by atoms with Crippen LogP contribution in [-0.4, -0.2) is 31.3 Å². The summed E-state index contributed by atoms with van der Waals surface area (Å²) in [6.07, 6.45) is 0. The fourth-order valence-electron chi connectivity index (χ4n) is 2.48. The van der Waals surface area contributed by atoms with Gasteiger partial charge in [-0.1, -0.05) is 30.0 Å². The van der Waals surface area contributed by atoms with Crippen molar-refractivity contribution < 1.29 is 14.5 Å². The number of nitro groups is 1. The van der Waals surface area contributed by atoms with E-state index in [-0.39, 0.29) is 24.0 Å². The Labute approximate surface area is 171 Å². The predicted octanol–water partition coefficient (Wildman–Crippen LogP) is 3.34. The summed E-state index contributed by atoms with van der Waals surface area (Å²) in [4.78, 5) is 22.6. The summed E-state index contributed by atoms with van der Waals surface area (Å²) in [5.74, 6) is 1.27. The molecule has 29 heavy (non-hydrogen) atoms. The van der Waals surface area contributed by atoms with Gasteiger partial charge in [0.15, 0.2) is 11.0 Å². The number of rotatable bonds is 8. The number of thioether (sulfide) groups is 1. The van der Waals surface area contributed by atoms with Gasteiger partial charge in [0, 0.05) is 24.9 Å². The van der Waals surface area contributed by atoms with Gasteiger partial charge in [-0.25, -0.2) is 0 Å². The Morgan fingerprint density at radius 2 is 2.00 bits per heavy atom. The molecule has 0 saturated heterocycles. The Bertz CT molecular complexity index is 1020. The van der Waals surface area contributed by atoms with E-state index in [0.29, 0.717) is 22.2 Å². The van der Waals surface area contributed by atoms with E-state index in [1.165, 1.54) is 30.0 Å². The van der Waals surface area contributed by atoms with Crippen molar-refractivity contribution in [3.05, 3.63) is 70.0 Å². The summed E-state index contributed by atoms with van der Waals surface area (Å²) in [5, 5.41) is 22.3. The largest absolute Gasteiger partial charge is 0.486 e. The number of carbonyl (C=O) groups is 1. The molecule has 10 heteroatoms. The lowest BCUT2D eigenvalue weighted by molar-refractivity contribution is -0.384. The zero-order chi connectivity index (χ0) is 20.8. The highest BCUT2D eigenvalue weighted by atomic mass is 32.2. The van der Waals surface area contributed by atoms with E-state index in [1.807, 2.05) is 37.4 Å². The zero-order valence-electron chi connectivity index (χ0n) is 15.9. The summed E-state index contributed by atoms with van der Waals surface area (Å²) in [6.45, 7) is 1.97. The number of non-ortho nitro benzene ring substituents is 1. The normalized spacial score (nSPS) is 10.6. The van der Waals surface area contributed by atoms with Gasteiger partial charge in [-0.3, -0.25) is 14.9 Å². The predicted molar refractivity (Wildman–Crippen MR) is 109 cm³/mol. The molecule has 1 heterocycles. The van der Waals surface area contributed by atoms with E-state index in [4.69, 9.17) is 4.74 Å². The van der Waals surface area contributed by atoms with E-state index in [0.717, 1.165) is 5.75 Å². The molecule has 0 radical (unpaired) electrons. The van der Waals surface area contributed by atoms with Gasteiger partial charge < -0.3 is 14.6 Å². The number of amides is 1. The second kappa shape index (κ2) is 9.20. The standard InChI is InChI=1S/C19H19N5O4S/c1-13-10-14(24(26)27)8-9-16(13)20-18(25)12-29-19-22-21-17(23(19)2)11-28-15-6-4-3-5-7-15/h3-10H,11-12H2,1-2H3,(H,20,25). The number of nitro benzene ring substituents is 1. The summed E-state index contributed by atoms with van der Waals surface area (Å²) in [7, 11) is 1.81. The van der Waals surface area contributed by atoms with Crippen LogP contribution in [0.1, 0.15) is 11.4 Å². The van der Waals surface area contributed by atoms with Crippen molar-refractivity contribution in [2.75, 3.05) is 11.1 Å². The molecule has 2 aromatic carbocycles. The molecule has 3 rings (SSSR count). The first-order chi connectivity index (χ1) is 13.9. The fraction of sp³-hybridized carbons (Fsp3) is 0.211. The van der Waals surface area contributed by atoms with Crippen LogP contribution in [0, 0.1) is 17.0 Å². The first-order valence-corrected chi connectivity index (χ1v) is 9.66. The van der Waals surface area contributed by atoms with E-state index >= 15 is 0 Å². The van der Waals surface area contributed by atoms with Crippen molar-refractivity contribution in [3.63, 3.8) is 0 Å². The van der Waals surface area contributed by atoms with Gasteiger partial charge >= 0.3 is 0 Å². The van der Waals surface area contributed by atoms with Crippen LogP contribution in [0.25, 0.3) is 0 Å². The molecule has 1 amide bonds. The molecule has 0 bridgehead atoms. The average Bonchev–Trinajstić information content (AvgIpc) is 3.06. The number of hydrogen-bond donors (Lipinski definition) is 1. The smallest absolute Gasteiger partial charge is 0.269 e. The molecule has 0 atom stereocenters. The van der Waals surface area contributed by atoms with Gasteiger partial charge in [-0.2, -0.15) is 0 Å². The number of hydrogen-bond acceptors (Lipinski definition) is 7. The highest BCUT2D eigenvalue weighted by molar-refractivity contribution is 7.99. The van der Waals surface area contributed by atoms with Gasteiger partial charge in [0.2, 0.25) is 5.91 Å². The highest BCUT2D eigenvalue weighted by Gasteiger charge is 2.14. The Morgan fingerprint density at radius 3 is 2.69 bits per heavy atom. The number of aryl methyl sites for hydroxylation is 1. The van der Waals surface area contributed by atoms with Gasteiger partial charge in [-0.15, -0.1) is 10.2 Å². The molecule has 0 aliphatic heterocycles. The lowest BCUT2D eigenvalue weighted by Gasteiger charge is -2.08. The maximum Gasteiger partial charge on any atom is 0.269 e. The second-order valence-electron chi connectivity index (χ2n) is 6.15. The monoisotopic (exact) mass is 413 g/mol. The van der Waals surface area contributed by atoms with Gasteiger partial charge in [0.05, 0.1) is 10.7 Å². The Balaban J connectivity index is 1.54. The topological polar surface area (TPSA) is 112 Å². The highest BCUT2D eigenvalue weighted by Crippen LogP contribution is 2.22. The Morgan fingerprint density at radius 1 is 1.24 bits per heavy atom. The SMILES string of the molecule is Cc1cc([N+](=O)[O-])ccc1NC(=O)CSc1nnc(COc2ccccc2)n1C. The van der Waals surface area contributed by atoms with Crippen molar-refractivity contribution in [2.45, 2.75) is 18.7 Å². The minimum atomic E-state index is -0.471. The van der Waals surface area contributed by atoms with Crippen LogP contribution in [0.3, 0.4) is 0 Å². The fourth-order valence-corrected chi connectivity index (χ4v) is 3.21. The van der Waals surface area contributed by atoms with Crippen molar-refractivity contribution in [3.8, 4) is 5.75 Å². The second-order valence-corrected chi connectivity index (χ2v) is 7.10. The number of nitrogens with one attached hydrogen (secondary N) is 1. The molecular formula is C19H19N5O4S. The van der Waals surface area contributed by atoms with Crippen LogP contribution < -0.4 is 10.1 Å². The first kappa shape index (κ1) is 20.3. The first-order valence-electron chi connectivity index (χ1n) is 8.68. The molecule has 0 spiro atoms. The molecule has 0 unspecified atom stereocenters. The molecule has 150 valence electrons. The molecule has 0 saturated carbocycles. The number of nitrogens with zero attached hydrogens (tertiary/aromatic N) is 4. The third kappa shape index (κ3) is 5.32. The van der Waals surface area contributed by atoms with E-state index in [1.54, 1.807) is 11.5 Å². The molecule has 1 N–H and O–H groups in total. The molecule has 0 aliphatic carbocycles. The number of aromatic nitrogens is 3. The Hall–Kier alpha value is -3.40. The van der Waals surface area contributed by atoms with Crippen LogP contribution in [0.4, 0.5) is 11.4 Å². The summed E-state index contributed by atoms with van der Waals surface area (Å²) < 4.78 is 7.45. The molecular weight excluding hydrogens is 394 g/mol. The molecule has 9 nitrogen and oxygen atoms in total. The lowest BCUT2D eigenvalue weighted by Crippen LogP contribution is -2.15. The Kier molecular flexibility index (Phi) is 6.45. The van der Waals surface area contributed by atoms with Crippen LogP contribution >= 0.6 is 11.8 Å². The van der Waals surface area contributed by atoms with Crippen molar-refractivity contribution >= 4 is 29.0 Å². The lowest BCUT2D eigenvalue weighted by atomic mass is 10.2. The van der Waals surface area contributed by atoms with E-state index in [2.05, 4.69) is 15.5 Å². The number of carbonyl (C=O) groups excluding carboxylic acids is 1.